The number of benzene rings is 1. The number of rotatable bonds is 9. The minimum absolute atomic E-state index is 0.162. The van der Waals surface area contributed by atoms with Crippen LogP contribution in [0.25, 0.3) is 11.1 Å². The Morgan fingerprint density at radius 1 is 1.10 bits per heavy atom. The van der Waals surface area contributed by atoms with Crippen LogP contribution in [0.4, 0.5) is 5.82 Å². The second-order valence-electron chi connectivity index (χ2n) is 7.48. The molecular formula is C21H26N4O4S. The number of nitrogens with zero attached hydrogens (tertiary/aromatic N) is 1. The molecule has 0 unspecified atom stereocenters. The van der Waals surface area contributed by atoms with Gasteiger partial charge in [-0.2, -0.15) is 0 Å². The van der Waals surface area contributed by atoms with E-state index < -0.39 is 9.84 Å². The summed E-state index contributed by atoms with van der Waals surface area (Å²) in [6, 6.07) is 8.26. The van der Waals surface area contributed by atoms with Crippen molar-refractivity contribution in [3.05, 3.63) is 42.1 Å². The molecule has 160 valence electrons. The summed E-state index contributed by atoms with van der Waals surface area (Å²) in [4.78, 5) is 28.4. The van der Waals surface area contributed by atoms with E-state index in [1.165, 1.54) is 25.8 Å². The molecule has 1 heterocycles. The number of sulfone groups is 1. The van der Waals surface area contributed by atoms with E-state index in [0.29, 0.717) is 35.0 Å². The lowest BCUT2D eigenvalue weighted by Gasteiger charge is -2.13. The molecule has 0 atom stereocenters. The Labute approximate surface area is 176 Å². The van der Waals surface area contributed by atoms with Crippen LogP contribution in [0.3, 0.4) is 0 Å². The van der Waals surface area contributed by atoms with Crippen LogP contribution in [0.2, 0.25) is 0 Å². The van der Waals surface area contributed by atoms with Gasteiger partial charge >= 0.3 is 0 Å². The molecule has 2 amide bonds. The highest BCUT2D eigenvalue weighted by atomic mass is 32.2. The van der Waals surface area contributed by atoms with Gasteiger partial charge in [-0.15, -0.1) is 0 Å². The predicted octanol–water partition coefficient (Wildman–Crippen LogP) is 1.84. The van der Waals surface area contributed by atoms with Crippen LogP contribution in [-0.4, -0.2) is 51.1 Å². The number of carbonyl (C=O) groups excluding carboxylic acids is 2. The van der Waals surface area contributed by atoms with Gasteiger partial charge in [0.05, 0.1) is 10.5 Å². The fourth-order valence-corrected chi connectivity index (χ4v) is 3.58. The third kappa shape index (κ3) is 6.03. The zero-order valence-electron chi connectivity index (χ0n) is 17.1. The highest BCUT2D eigenvalue weighted by molar-refractivity contribution is 7.90. The van der Waals surface area contributed by atoms with Gasteiger partial charge in [-0.05, 0) is 42.5 Å². The highest BCUT2D eigenvalue weighted by Crippen LogP contribution is 2.30. The maximum absolute atomic E-state index is 12.8. The zero-order chi connectivity index (χ0) is 21.7. The Hall–Kier alpha value is -2.94. The Kier molecular flexibility index (Phi) is 6.71. The number of amides is 2. The molecule has 3 N–H and O–H groups in total. The molecule has 0 bridgehead atoms. The largest absolute Gasteiger partial charge is 0.369 e. The van der Waals surface area contributed by atoms with E-state index in [1.807, 2.05) is 0 Å². The summed E-state index contributed by atoms with van der Waals surface area (Å²) in [6.07, 6.45) is 5.12. The van der Waals surface area contributed by atoms with Crippen molar-refractivity contribution in [2.24, 2.45) is 5.92 Å². The topological polar surface area (TPSA) is 117 Å². The standard InChI is InChI=1S/C21H26N4O4S/c1-14(26)22-8-9-23-21(27)19-11-17(13-25-20(19)24-12-15-6-7-15)16-4-3-5-18(10-16)30(2,28)29/h3-5,10-11,13,15H,6-9,12H2,1-2H3,(H,22,26)(H,23,27)(H,24,25). The molecule has 1 aliphatic rings. The number of nitrogens with one attached hydrogen (secondary N) is 3. The van der Waals surface area contributed by atoms with Gasteiger partial charge in [0.25, 0.3) is 5.91 Å². The fourth-order valence-electron chi connectivity index (χ4n) is 2.92. The molecule has 8 nitrogen and oxygen atoms in total. The van der Waals surface area contributed by atoms with Crippen molar-refractivity contribution in [1.29, 1.82) is 0 Å². The summed E-state index contributed by atoms with van der Waals surface area (Å²) < 4.78 is 23.8. The van der Waals surface area contributed by atoms with Crippen molar-refractivity contribution in [3.8, 4) is 11.1 Å². The number of anilines is 1. The Morgan fingerprint density at radius 2 is 1.83 bits per heavy atom. The van der Waals surface area contributed by atoms with Gasteiger partial charge in [0.2, 0.25) is 5.91 Å². The van der Waals surface area contributed by atoms with E-state index in [9.17, 15) is 18.0 Å². The molecule has 0 radical (unpaired) electrons. The minimum atomic E-state index is -3.35. The molecule has 1 aliphatic carbocycles. The van der Waals surface area contributed by atoms with E-state index in [2.05, 4.69) is 20.9 Å². The highest BCUT2D eigenvalue weighted by Gasteiger charge is 2.22. The Bertz CT molecular complexity index is 1050. The normalized spacial score (nSPS) is 13.5. The number of hydrogen-bond donors (Lipinski definition) is 3. The molecule has 0 aliphatic heterocycles. The second-order valence-corrected chi connectivity index (χ2v) is 9.50. The van der Waals surface area contributed by atoms with Crippen molar-refractivity contribution in [2.45, 2.75) is 24.7 Å². The summed E-state index contributed by atoms with van der Waals surface area (Å²) in [5.74, 6) is 0.619. The van der Waals surface area contributed by atoms with Crippen LogP contribution in [-0.2, 0) is 14.6 Å². The lowest BCUT2D eigenvalue weighted by molar-refractivity contribution is -0.118. The molecule has 0 spiro atoms. The van der Waals surface area contributed by atoms with E-state index in [-0.39, 0.29) is 23.3 Å². The molecule has 1 aromatic heterocycles. The zero-order valence-corrected chi connectivity index (χ0v) is 17.9. The maximum Gasteiger partial charge on any atom is 0.255 e. The van der Waals surface area contributed by atoms with Crippen molar-refractivity contribution in [1.82, 2.24) is 15.6 Å². The minimum Gasteiger partial charge on any atom is -0.369 e. The van der Waals surface area contributed by atoms with E-state index in [4.69, 9.17) is 0 Å². The lowest BCUT2D eigenvalue weighted by atomic mass is 10.0. The van der Waals surface area contributed by atoms with Crippen LogP contribution in [0, 0.1) is 5.92 Å². The average Bonchev–Trinajstić information content (AvgIpc) is 3.53. The summed E-state index contributed by atoms with van der Waals surface area (Å²) in [7, 11) is -3.35. The Morgan fingerprint density at radius 3 is 2.50 bits per heavy atom. The number of pyridine rings is 1. The van der Waals surface area contributed by atoms with Crippen molar-refractivity contribution in [3.63, 3.8) is 0 Å². The van der Waals surface area contributed by atoms with E-state index in [1.54, 1.807) is 30.5 Å². The van der Waals surface area contributed by atoms with Gasteiger partial charge in [0.1, 0.15) is 5.82 Å². The molecule has 0 saturated heterocycles. The Balaban J connectivity index is 1.85. The molecule has 1 saturated carbocycles. The number of hydrogen-bond acceptors (Lipinski definition) is 6. The van der Waals surface area contributed by atoms with Crippen molar-refractivity contribution >= 4 is 27.5 Å². The molecule has 1 aromatic carbocycles. The lowest BCUT2D eigenvalue weighted by Crippen LogP contribution is -2.34. The third-order valence-electron chi connectivity index (χ3n) is 4.77. The molecular weight excluding hydrogens is 404 g/mol. The second kappa shape index (κ2) is 9.25. The van der Waals surface area contributed by atoms with Gasteiger partial charge in [0, 0.05) is 44.6 Å². The SMILES string of the molecule is CC(=O)NCCNC(=O)c1cc(-c2cccc(S(C)(=O)=O)c2)cnc1NCC1CC1. The monoisotopic (exact) mass is 430 g/mol. The first-order valence-corrected chi connectivity index (χ1v) is 11.7. The van der Waals surface area contributed by atoms with Crippen LogP contribution in [0.15, 0.2) is 41.4 Å². The summed E-state index contributed by atoms with van der Waals surface area (Å²) >= 11 is 0. The van der Waals surface area contributed by atoms with Crippen LogP contribution in [0.1, 0.15) is 30.1 Å². The van der Waals surface area contributed by atoms with E-state index >= 15 is 0 Å². The maximum atomic E-state index is 12.8. The first kappa shape index (κ1) is 21.8. The molecule has 1 fully saturated rings. The molecule has 9 heteroatoms. The van der Waals surface area contributed by atoms with Crippen LogP contribution >= 0.6 is 0 Å². The van der Waals surface area contributed by atoms with Crippen molar-refractivity contribution < 1.29 is 18.0 Å². The first-order valence-electron chi connectivity index (χ1n) is 9.81. The quantitative estimate of drug-likeness (QED) is 0.523. The summed E-state index contributed by atoms with van der Waals surface area (Å²) in [5, 5.41) is 8.66. The van der Waals surface area contributed by atoms with Gasteiger partial charge in [-0.3, -0.25) is 9.59 Å². The molecule has 2 aromatic rings. The van der Waals surface area contributed by atoms with Gasteiger partial charge in [0.15, 0.2) is 9.84 Å². The predicted molar refractivity (Wildman–Crippen MR) is 115 cm³/mol. The summed E-state index contributed by atoms with van der Waals surface area (Å²) in [6.45, 7) is 2.78. The smallest absolute Gasteiger partial charge is 0.255 e. The van der Waals surface area contributed by atoms with Gasteiger partial charge < -0.3 is 16.0 Å². The van der Waals surface area contributed by atoms with Crippen LogP contribution < -0.4 is 16.0 Å². The third-order valence-corrected chi connectivity index (χ3v) is 5.88. The van der Waals surface area contributed by atoms with Gasteiger partial charge in [-0.25, -0.2) is 13.4 Å². The number of carbonyl (C=O) groups is 2. The first-order chi connectivity index (χ1) is 14.2. The van der Waals surface area contributed by atoms with E-state index in [0.717, 1.165) is 12.8 Å². The number of aromatic nitrogens is 1. The molecule has 3 rings (SSSR count). The average molecular weight is 431 g/mol. The van der Waals surface area contributed by atoms with Gasteiger partial charge in [-0.1, -0.05) is 12.1 Å². The van der Waals surface area contributed by atoms with Crippen LogP contribution in [0.5, 0.6) is 0 Å². The summed E-state index contributed by atoms with van der Waals surface area (Å²) in [5.41, 5.74) is 1.68. The van der Waals surface area contributed by atoms with Crippen molar-refractivity contribution in [2.75, 3.05) is 31.2 Å². The fraction of sp³-hybridized carbons (Fsp3) is 0.381. The molecule has 30 heavy (non-hydrogen) atoms.